The molecular weight excluding hydrogens is 308 g/mol. The highest BCUT2D eigenvalue weighted by Gasteiger charge is 2.60. The molecule has 1 aliphatic rings. The third kappa shape index (κ3) is 3.17. The van der Waals surface area contributed by atoms with Crippen LogP contribution >= 0.6 is 11.3 Å². The molecule has 5 nitrogen and oxygen atoms in total. The van der Waals surface area contributed by atoms with Gasteiger partial charge in [-0.3, -0.25) is 9.78 Å². The van der Waals surface area contributed by atoms with E-state index in [0.717, 1.165) is 5.69 Å². The summed E-state index contributed by atoms with van der Waals surface area (Å²) in [4.78, 5) is 16.8. The monoisotopic (exact) mass is 328 g/mol. The van der Waals surface area contributed by atoms with Gasteiger partial charge in [0.1, 0.15) is 5.69 Å². The van der Waals surface area contributed by atoms with Crippen molar-refractivity contribution in [3.63, 3.8) is 0 Å². The summed E-state index contributed by atoms with van der Waals surface area (Å²) in [5.74, 6) is 0.288. The van der Waals surface area contributed by atoms with Gasteiger partial charge in [-0.1, -0.05) is 42.9 Å². The Hall–Kier alpha value is -2.08. The number of allylic oxidation sites excluding steroid dienone is 2. The van der Waals surface area contributed by atoms with Crippen molar-refractivity contribution in [1.29, 1.82) is 0 Å². The van der Waals surface area contributed by atoms with E-state index < -0.39 is 0 Å². The molecule has 3 rings (SSSR count). The van der Waals surface area contributed by atoms with Gasteiger partial charge in [-0.05, 0) is 37.3 Å². The van der Waals surface area contributed by atoms with Gasteiger partial charge in [-0.25, -0.2) is 0 Å². The molecule has 0 saturated heterocycles. The van der Waals surface area contributed by atoms with Crippen LogP contribution in [0.5, 0.6) is 0 Å². The lowest BCUT2D eigenvalue weighted by Crippen LogP contribution is -2.16. The minimum atomic E-state index is -0.0143. The first-order valence-electron chi connectivity index (χ1n) is 7.60. The Morgan fingerprint density at radius 3 is 2.74 bits per heavy atom. The second-order valence-corrected chi connectivity index (χ2v) is 7.66. The van der Waals surface area contributed by atoms with E-state index in [9.17, 15) is 4.79 Å². The molecule has 0 aliphatic heterocycles. The summed E-state index contributed by atoms with van der Waals surface area (Å²) in [6.45, 7) is 8.38. The summed E-state index contributed by atoms with van der Waals surface area (Å²) < 4.78 is 0. The fourth-order valence-electron chi connectivity index (χ4n) is 2.90. The Morgan fingerprint density at radius 1 is 1.30 bits per heavy atom. The maximum atomic E-state index is 12.5. The molecular formula is C17H20N4OS. The molecule has 1 amide bonds. The molecule has 23 heavy (non-hydrogen) atoms. The SMILES string of the molecule is CC(C)=C[C@H]1[C@@H](C(=O)Nc2nnc(-c3ccccn3)s2)C1(C)C. The largest absolute Gasteiger partial charge is 0.300 e. The molecule has 0 radical (unpaired) electrons. The van der Waals surface area contributed by atoms with E-state index in [1.807, 2.05) is 18.2 Å². The first kappa shape index (κ1) is 15.8. The molecule has 2 atom stereocenters. The molecule has 6 heteroatoms. The predicted octanol–water partition coefficient (Wildman–Crippen LogP) is 3.78. The molecule has 2 heterocycles. The van der Waals surface area contributed by atoms with E-state index in [2.05, 4.69) is 54.3 Å². The Bertz CT molecular complexity index is 747. The summed E-state index contributed by atoms with van der Waals surface area (Å²) >= 11 is 1.34. The highest BCUT2D eigenvalue weighted by atomic mass is 32.1. The van der Waals surface area contributed by atoms with Gasteiger partial charge >= 0.3 is 0 Å². The van der Waals surface area contributed by atoms with Gasteiger partial charge in [0.2, 0.25) is 11.0 Å². The lowest BCUT2D eigenvalue weighted by atomic mass is 10.1. The Morgan fingerprint density at radius 2 is 2.09 bits per heavy atom. The molecule has 1 N–H and O–H groups in total. The van der Waals surface area contributed by atoms with Crippen LogP contribution in [0.1, 0.15) is 27.7 Å². The smallest absolute Gasteiger partial charge is 0.230 e. The molecule has 0 spiro atoms. The summed E-state index contributed by atoms with van der Waals surface area (Å²) in [5.41, 5.74) is 2.00. The average molecular weight is 328 g/mol. The van der Waals surface area contributed by atoms with E-state index in [0.29, 0.717) is 10.1 Å². The number of aromatic nitrogens is 3. The number of hydrogen-bond donors (Lipinski definition) is 1. The summed E-state index contributed by atoms with van der Waals surface area (Å²) in [7, 11) is 0. The number of anilines is 1. The van der Waals surface area contributed by atoms with Crippen LogP contribution in [0.2, 0.25) is 0 Å². The zero-order chi connectivity index (χ0) is 16.6. The second kappa shape index (κ2) is 5.85. The zero-order valence-electron chi connectivity index (χ0n) is 13.7. The van der Waals surface area contributed by atoms with Gasteiger partial charge in [0.25, 0.3) is 0 Å². The van der Waals surface area contributed by atoms with Crippen molar-refractivity contribution < 1.29 is 4.79 Å². The minimum absolute atomic E-state index is 0.00411. The summed E-state index contributed by atoms with van der Waals surface area (Å²) in [6, 6.07) is 5.63. The third-order valence-electron chi connectivity index (χ3n) is 4.25. The Labute approximate surface area is 139 Å². The maximum Gasteiger partial charge on any atom is 0.230 e. The van der Waals surface area contributed by atoms with Crippen molar-refractivity contribution in [2.75, 3.05) is 5.32 Å². The molecule has 0 bridgehead atoms. The summed E-state index contributed by atoms with van der Waals surface area (Å²) in [6.07, 6.45) is 3.90. The molecule has 120 valence electrons. The van der Waals surface area contributed by atoms with E-state index in [1.54, 1.807) is 6.20 Å². The average Bonchev–Trinajstić information content (AvgIpc) is 2.86. The van der Waals surface area contributed by atoms with Crippen LogP contribution in [0, 0.1) is 17.3 Å². The lowest BCUT2D eigenvalue weighted by Gasteiger charge is -2.01. The van der Waals surface area contributed by atoms with E-state index in [-0.39, 0.29) is 23.2 Å². The van der Waals surface area contributed by atoms with Crippen molar-refractivity contribution >= 4 is 22.4 Å². The van der Waals surface area contributed by atoms with Crippen molar-refractivity contribution in [2.45, 2.75) is 27.7 Å². The van der Waals surface area contributed by atoms with Crippen LogP contribution in [0.4, 0.5) is 5.13 Å². The van der Waals surface area contributed by atoms with Gasteiger partial charge in [-0.2, -0.15) is 0 Å². The first-order chi connectivity index (χ1) is 10.9. The van der Waals surface area contributed by atoms with Crippen LogP contribution in [0.3, 0.4) is 0 Å². The number of pyridine rings is 1. The van der Waals surface area contributed by atoms with Crippen molar-refractivity contribution in [2.24, 2.45) is 17.3 Å². The standard InChI is InChI=1S/C17H20N4OS/c1-10(2)9-11-13(17(11,3)4)14(22)19-16-21-20-15(23-16)12-7-5-6-8-18-12/h5-9,11,13H,1-4H3,(H,19,21,22)/t11-,13-/m0/s1. The number of carbonyl (C=O) groups is 1. The molecule has 1 saturated carbocycles. The van der Waals surface area contributed by atoms with E-state index in [1.165, 1.54) is 16.9 Å². The topological polar surface area (TPSA) is 67.8 Å². The minimum Gasteiger partial charge on any atom is -0.300 e. The Kier molecular flexibility index (Phi) is 4.02. The fourth-order valence-corrected chi connectivity index (χ4v) is 3.62. The molecule has 2 aromatic heterocycles. The normalized spacial score (nSPS) is 21.6. The number of amides is 1. The lowest BCUT2D eigenvalue weighted by molar-refractivity contribution is -0.118. The molecule has 1 fully saturated rings. The first-order valence-corrected chi connectivity index (χ1v) is 8.42. The number of hydrogen-bond acceptors (Lipinski definition) is 5. The van der Waals surface area contributed by atoms with Crippen LogP contribution in [-0.2, 0) is 4.79 Å². The zero-order valence-corrected chi connectivity index (χ0v) is 14.5. The van der Waals surface area contributed by atoms with Crippen molar-refractivity contribution in [3.8, 4) is 10.7 Å². The van der Waals surface area contributed by atoms with Crippen LogP contribution < -0.4 is 5.32 Å². The van der Waals surface area contributed by atoms with E-state index in [4.69, 9.17) is 0 Å². The number of nitrogens with zero attached hydrogens (tertiary/aromatic N) is 3. The molecule has 1 aliphatic carbocycles. The quantitative estimate of drug-likeness (QED) is 0.867. The van der Waals surface area contributed by atoms with Gasteiger partial charge < -0.3 is 5.32 Å². The number of carbonyl (C=O) groups excluding carboxylic acids is 1. The van der Waals surface area contributed by atoms with E-state index >= 15 is 0 Å². The third-order valence-corrected chi connectivity index (χ3v) is 5.11. The highest BCUT2D eigenvalue weighted by molar-refractivity contribution is 7.18. The number of nitrogens with one attached hydrogen (secondary N) is 1. The van der Waals surface area contributed by atoms with Crippen LogP contribution in [0.25, 0.3) is 10.7 Å². The van der Waals surface area contributed by atoms with Gasteiger partial charge in [-0.15, -0.1) is 10.2 Å². The highest BCUT2D eigenvalue weighted by Crippen LogP contribution is 2.59. The Balaban J connectivity index is 1.70. The molecule has 2 aromatic rings. The van der Waals surface area contributed by atoms with Crippen LogP contribution in [-0.4, -0.2) is 21.1 Å². The van der Waals surface area contributed by atoms with Gasteiger partial charge in [0.15, 0.2) is 5.01 Å². The fraction of sp³-hybridized carbons (Fsp3) is 0.412. The second-order valence-electron chi connectivity index (χ2n) is 6.69. The van der Waals surface area contributed by atoms with Crippen LogP contribution in [0.15, 0.2) is 36.0 Å². The summed E-state index contributed by atoms with van der Waals surface area (Å²) in [5, 5.41) is 12.3. The molecule has 0 unspecified atom stereocenters. The number of rotatable bonds is 4. The van der Waals surface area contributed by atoms with Gasteiger partial charge in [0.05, 0.1) is 5.92 Å². The van der Waals surface area contributed by atoms with Gasteiger partial charge in [0, 0.05) is 6.20 Å². The maximum absolute atomic E-state index is 12.5. The predicted molar refractivity (Wildman–Crippen MR) is 92.0 cm³/mol. The van der Waals surface area contributed by atoms with Crippen molar-refractivity contribution in [1.82, 2.24) is 15.2 Å². The van der Waals surface area contributed by atoms with Crippen molar-refractivity contribution in [3.05, 3.63) is 36.0 Å². The molecule has 0 aromatic carbocycles.